The molecule has 0 radical (unpaired) electrons. The lowest BCUT2D eigenvalue weighted by Gasteiger charge is -1.97. The van der Waals surface area contributed by atoms with Crippen molar-refractivity contribution in [1.29, 1.82) is 0 Å². The molecule has 0 fully saturated rings. The number of nitrogens with zero attached hydrogens (tertiary/aromatic N) is 2. The van der Waals surface area contributed by atoms with Crippen molar-refractivity contribution in [1.82, 2.24) is 15.2 Å². The molecule has 0 atom stereocenters. The van der Waals surface area contributed by atoms with Gasteiger partial charge in [0.1, 0.15) is 0 Å². The minimum Gasteiger partial charge on any atom is -0.466 e. The van der Waals surface area contributed by atoms with Gasteiger partial charge in [0.15, 0.2) is 4.67 Å². The zero-order valence-electron chi connectivity index (χ0n) is 8.15. The van der Waals surface area contributed by atoms with E-state index in [2.05, 4.69) is 36.4 Å². The van der Waals surface area contributed by atoms with Crippen LogP contribution in [0.15, 0.2) is 21.4 Å². The second-order valence-corrected chi connectivity index (χ2v) is 3.45. The number of halogens is 1. The second-order valence-electron chi connectivity index (χ2n) is 2.73. The van der Waals surface area contributed by atoms with Crippen molar-refractivity contribution in [2.45, 2.75) is 0 Å². The Hall–Kier alpha value is -1.83. The molecule has 2 aromatic rings. The van der Waals surface area contributed by atoms with E-state index in [1.807, 2.05) is 0 Å². The summed E-state index contributed by atoms with van der Waals surface area (Å²) in [5.74, 6) is -0.158. The number of hydrogen-bond acceptors (Lipinski definition) is 5. The molecule has 2 rings (SSSR count). The normalized spacial score (nSPS) is 10.1. The summed E-state index contributed by atoms with van der Waals surface area (Å²) in [4.78, 5) is 15.5. The van der Waals surface area contributed by atoms with Crippen LogP contribution in [0, 0.1) is 0 Å². The Labute approximate surface area is 98.3 Å². The van der Waals surface area contributed by atoms with Crippen LogP contribution in [-0.2, 0) is 0 Å². The lowest BCUT2D eigenvalue weighted by molar-refractivity contribution is 0.102. The monoisotopic (exact) mass is 286 g/mol. The highest BCUT2D eigenvalue weighted by Gasteiger charge is 2.14. The van der Waals surface area contributed by atoms with Gasteiger partial charge in [-0.3, -0.25) is 10.1 Å². The van der Waals surface area contributed by atoms with E-state index in [9.17, 15) is 4.79 Å². The molecule has 16 heavy (non-hydrogen) atoms. The fourth-order valence-corrected chi connectivity index (χ4v) is 1.44. The third-order valence-corrected chi connectivity index (χ3v) is 2.36. The van der Waals surface area contributed by atoms with Gasteiger partial charge in [-0.1, -0.05) is 0 Å². The Balaban J connectivity index is 2.11. The molecule has 84 valence electrons. The number of carbonyl (C=O) groups excluding carboxylic acids is 1. The predicted octanol–water partition coefficient (Wildman–Crippen LogP) is 1.42. The van der Waals surface area contributed by atoms with E-state index in [1.54, 1.807) is 0 Å². The van der Waals surface area contributed by atoms with Gasteiger partial charge in [-0.15, -0.1) is 5.10 Å². The third-order valence-electron chi connectivity index (χ3n) is 1.74. The zero-order valence-corrected chi connectivity index (χ0v) is 9.74. The van der Waals surface area contributed by atoms with Gasteiger partial charge in [0.05, 0.1) is 18.9 Å². The number of H-pyrrole nitrogens is 1. The van der Waals surface area contributed by atoms with E-state index >= 15 is 0 Å². The van der Waals surface area contributed by atoms with Crippen molar-refractivity contribution in [3.63, 3.8) is 0 Å². The van der Waals surface area contributed by atoms with E-state index < -0.39 is 0 Å². The average Bonchev–Trinajstić information content (AvgIpc) is 2.86. The van der Waals surface area contributed by atoms with Crippen LogP contribution >= 0.6 is 15.9 Å². The standard InChI is InChI=1S/C8H7BrN4O3/c1-15-8-11-7(12-13-8)10-6(14)4-2-3-16-5(4)9/h2-3H,1H3,(H2,10,11,12,13,14). The Morgan fingerprint density at radius 3 is 3.06 bits per heavy atom. The van der Waals surface area contributed by atoms with Gasteiger partial charge in [0.25, 0.3) is 5.91 Å². The quantitative estimate of drug-likeness (QED) is 0.890. The van der Waals surface area contributed by atoms with Crippen LogP contribution in [0.4, 0.5) is 5.95 Å². The van der Waals surface area contributed by atoms with Crippen molar-refractivity contribution in [2.75, 3.05) is 12.4 Å². The summed E-state index contributed by atoms with van der Waals surface area (Å²) in [7, 11) is 1.43. The van der Waals surface area contributed by atoms with E-state index in [0.29, 0.717) is 10.2 Å². The average molecular weight is 287 g/mol. The van der Waals surface area contributed by atoms with Gasteiger partial charge in [0, 0.05) is 0 Å². The highest BCUT2D eigenvalue weighted by Crippen LogP contribution is 2.18. The van der Waals surface area contributed by atoms with Crippen LogP contribution in [0.25, 0.3) is 0 Å². The molecule has 0 aliphatic carbocycles. The Morgan fingerprint density at radius 1 is 1.69 bits per heavy atom. The molecule has 0 bridgehead atoms. The summed E-state index contributed by atoms with van der Waals surface area (Å²) >= 11 is 3.10. The second kappa shape index (κ2) is 4.35. The Bertz CT molecular complexity index is 507. The maximum absolute atomic E-state index is 11.7. The molecule has 0 aromatic carbocycles. The van der Waals surface area contributed by atoms with E-state index in [0.717, 1.165) is 0 Å². The molecule has 2 N–H and O–H groups in total. The van der Waals surface area contributed by atoms with Crippen molar-refractivity contribution >= 4 is 27.8 Å². The summed E-state index contributed by atoms with van der Waals surface area (Å²) in [6.45, 7) is 0. The number of nitrogens with one attached hydrogen (secondary N) is 2. The molecule has 2 aromatic heterocycles. The fourth-order valence-electron chi connectivity index (χ4n) is 1.02. The van der Waals surface area contributed by atoms with Gasteiger partial charge in [0.2, 0.25) is 5.95 Å². The first-order chi connectivity index (χ1) is 7.70. The van der Waals surface area contributed by atoms with Gasteiger partial charge in [-0.05, 0) is 22.0 Å². The maximum atomic E-state index is 11.7. The Kier molecular flexibility index (Phi) is 2.91. The summed E-state index contributed by atoms with van der Waals surface area (Å²) in [5, 5.41) is 8.69. The number of aromatic nitrogens is 3. The number of methoxy groups -OCH3 is 1. The molecule has 8 heteroatoms. The fraction of sp³-hybridized carbons (Fsp3) is 0.125. The molecule has 0 saturated carbocycles. The SMILES string of the molecule is COc1n[nH]c(NC(=O)c2ccoc2Br)n1. The van der Waals surface area contributed by atoms with Crippen molar-refractivity contribution in [3.05, 3.63) is 22.6 Å². The number of aromatic amines is 1. The van der Waals surface area contributed by atoms with Crippen LogP contribution in [0.3, 0.4) is 0 Å². The third kappa shape index (κ3) is 2.06. The molecule has 0 saturated heterocycles. The topological polar surface area (TPSA) is 93.0 Å². The van der Waals surface area contributed by atoms with E-state index in [-0.39, 0.29) is 17.9 Å². The van der Waals surface area contributed by atoms with Crippen molar-refractivity contribution in [3.8, 4) is 6.01 Å². The van der Waals surface area contributed by atoms with E-state index in [4.69, 9.17) is 9.15 Å². The lowest BCUT2D eigenvalue weighted by atomic mass is 10.3. The van der Waals surface area contributed by atoms with Crippen LogP contribution in [0.2, 0.25) is 0 Å². The van der Waals surface area contributed by atoms with Crippen LogP contribution in [-0.4, -0.2) is 28.2 Å². The highest BCUT2D eigenvalue weighted by atomic mass is 79.9. The number of carbonyl (C=O) groups is 1. The summed E-state index contributed by atoms with van der Waals surface area (Å²) < 4.78 is 10.1. The lowest BCUT2D eigenvalue weighted by Crippen LogP contribution is -2.12. The summed E-state index contributed by atoms with van der Waals surface area (Å²) in [6, 6.07) is 1.69. The van der Waals surface area contributed by atoms with Crippen LogP contribution in [0.5, 0.6) is 6.01 Å². The first kappa shape index (κ1) is 10.7. The largest absolute Gasteiger partial charge is 0.466 e. The highest BCUT2D eigenvalue weighted by molar-refractivity contribution is 9.10. The van der Waals surface area contributed by atoms with Gasteiger partial charge in [-0.2, -0.15) is 4.98 Å². The number of amides is 1. The zero-order chi connectivity index (χ0) is 11.5. The van der Waals surface area contributed by atoms with Gasteiger partial charge >= 0.3 is 6.01 Å². The molecule has 0 unspecified atom stereocenters. The van der Waals surface area contributed by atoms with Crippen molar-refractivity contribution in [2.24, 2.45) is 0 Å². The minimum atomic E-state index is -0.362. The van der Waals surface area contributed by atoms with E-state index in [1.165, 1.54) is 19.4 Å². The van der Waals surface area contributed by atoms with Crippen molar-refractivity contribution < 1.29 is 13.9 Å². The Morgan fingerprint density at radius 2 is 2.50 bits per heavy atom. The smallest absolute Gasteiger partial charge is 0.336 e. The molecular weight excluding hydrogens is 280 g/mol. The molecular formula is C8H7BrN4O3. The first-order valence-corrected chi connectivity index (χ1v) is 5.00. The number of anilines is 1. The predicted molar refractivity (Wildman–Crippen MR) is 57.3 cm³/mol. The molecule has 2 heterocycles. The van der Waals surface area contributed by atoms with Crippen LogP contribution in [0.1, 0.15) is 10.4 Å². The maximum Gasteiger partial charge on any atom is 0.336 e. The number of hydrogen-bond donors (Lipinski definition) is 2. The molecule has 1 amide bonds. The first-order valence-electron chi connectivity index (χ1n) is 4.21. The van der Waals surface area contributed by atoms with Gasteiger partial charge in [-0.25, -0.2) is 5.10 Å². The number of furan rings is 1. The van der Waals surface area contributed by atoms with Gasteiger partial charge < -0.3 is 9.15 Å². The number of rotatable bonds is 3. The number of ether oxygens (including phenoxy) is 1. The summed E-state index contributed by atoms with van der Waals surface area (Å²) in [5.41, 5.74) is 0.371. The minimum absolute atomic E-state index is 0.154. The summed E-state index contributed by atoms with van der Waals surface area (Å²) in [6.07, 6.45) is 1.40. The molecule has 0 spiro atoms. The molecule has 0 aliphatic rings. The molecule has 7 nitrogen and oxygen atoms in total. The van der Waals surface area contributed by atoms with Crippen LogP contribution < -0.4 is 10.1 Å². The molecule has 0 aliphatic heterocycles.